The Morgan fingerprint density at radius 1 is 1.22 bits per heavy atom. The first kappa shape index (κ1) is 16.7. The van der Waals surface area contributed by atoms with E-state index in [1.54, 1.807) is 0 Å². The quantitative estimate of drug-likeness (QED) is 0.544. The minimum absolute atomic E-state index is 0.0960. The summed E-state index contributed by atoms with van der Waals surface area (Å²) in [5.41, 5.74) is -1.44. The summed E-state index contributed by atoms with van der Waals surface area (Å²) in [5.74, 6) is -0.272. The van der Waals surface area contributed by atoms with Crippen molar-refractivity contribution in [2.45, 2.75) is 39.7 Å². The smallest absolute Gasteiger partial charge is 0.314 e. The molecule has 6 heteroatoms. The minimum Gasteiger partial charge on any atom is -0.481 e. The summed E-state index contributed by atoms with van der Waals surface area (Å²) >= 11 is 0. The zero-order valence-corrected chi connectivity index (χ0v) is 11.5. The van der Waals surface area contributed by atoms with Gasteiger partial charge in [0.05, 0.1) is 12.0 Å². The highest BCUT2D eigenvalue weighted by molar-refractivity contribution is 5.74. The maximum atomic E-state index is 11.4. The highest BCUT2D eigenvalue weighted by atomic mass is 16.4. The van der Waals surface area contributed by atoms with Gasteiger partial charge in [0.1, 0.15) is 0 Å². The van der Waals surface area contributed by atoms with Crippen LogP contribution in [-0.4, -0.2) is 40.9 Å². The SMILES string of the molecule is CC(C)C(C)CNC(=O)NCC(C)(O)CC(=O)O. The van der Waals surface area contributed by atoms with Gasteiger partial charge in [-0.05, 0) is 18.8 Å². The largest absolute Gasteiger partial charge is 0.481 e. The molecule has 0 aromatic heterocycles. The van der Waals surface area contributed by atoms with Crippen LogP contribution in [0.5, 0.6) is 0 Å². The van der Waals surface area contributed by atoms with Gasteiger partial charge >= 0.3 is 12.0 Å². The van der Waals surface area contributed by atoms with Crippen molar-refractivity contribution in [1.29, 1.82) is 0 Å². The minimum atomic E-state index is -1.44. The number of carboxylic acids is 1. The van der Waals surface area contributed by atoms with Crippen LogP contribution in [0.25, 0.3) is 0 Å². The van der Waals surface area contributed by atoms with Crippen molar-refractivity contribution < 1.29 is 19.8 Å². The van der Waals surface area contributed by atoms with Crippen molar-refractivity contribution in [3.05, 3.63) is 0 Å². The molecule has 0 rings (SSSR count). The number of carbonyl (C=O) groups excluding carboxylic acids is 1. The molecule has 0 saturated carbocycles. The second-order valence-corrected chi connectivity index (χ2v) is 5.35. The second-order valence-electron chi connectivity index (χ2n) is 5.35. The summed E-state index contributed by atoms with van der Waals surface area (Å²) in [7, 11) is 0. The topological polar surface area (TPSA) is 98.7 Å². The van der Waals surface area contributed by atoms with Gasteiger partial charge in [0.25, 0.3) is 0 Å². The summed E-state index contributed by atoms with van der Waals surface area (Å²) in [6, 6.07) is -0.395. The van der Waals surface area contributed by atoms with Crippen LogP contribution >= 0.6 is 0 Å². The Labute approximate surface area is 108 Å². The van der Waals surface area contributed by atoms with E-state index in [1.807, 2.05) is 6.92 Å². The van der Waals surface area contributed by atoms with Gasteiger partial charge < -0.3 is 20.8 Å². The third-order valence-electron chi connectivity index (χ3n) is 2.88. The van der Waals surface area contributed by atoms with E-state index in [2.05, 4.69) is 24.5 Å². The molecular formula is C12H24N2O4. The molecule has 0 radical (unpaired) electrons. The fourth-order valence-electron chi connectivity index (χ4n) is 1.21. The zero-order valence-electron chi connectivity index (χ0n) is 11.5. The van der Waals surface area contributed by atoms with Crippen LogP contribution in [0.15, 0.2) is 0 Å². The highest BCUT2D eigenvalue weighted by Gasteiger charge is 2.24. The molecule has 0 aromatic rings. The van der Waals surface area contributed by atoms with Crippen LogP contribution in [0.4, 0.5) is 4.79 Å². The number of urea groups is 1. The lowest BCUT2D eigenvalue weighted by Crippen LogP contribution is -2.46. The monoisotopic (exact) mass is 260 g/mol. The molecular weight excluding hydrogens is 236 g/mol. The third kappa shape index (κ3) is 7.89. The fourth-order valence-corrected chi connectivity index (χ4v) is 1.21. The van der Waals surface area contributed by atoms with Crippen LogP contribution in [0.3, 0.4) is 0 Å². The molecule has 106 valence electrons. The highest BCUT2D eigenvalue weighted by Crippen LogP contribution is 2.08. The van der Waals surface area contributed by atoms with Crippen molar-refractivity contribution in [2.24, 2.45) is 11.8 Å². The third-order valence-corrected chi connectivity index (χ3v) is 2.88. The predicted octanol–water partition coefficient (Wildman–Crippen LogP) is 0.803. The number of amides is 2. The van der Waals surface area contributed by atoms with Gasteiger partial charge in [0.2, 0.25) is 0 Å². The number of aliphatic hydroxyl groups is 1. The lowest BCUT2D eigenvalue weighted by atomic mass is 9.98. The molecule has 2 unspecified atom stereocenters. The molecule has 2 amide bonds. The molecule has 2 atom stereocenters. The standard InChI is InChI=1S/C12H24N2O4/c1-8(2)9(3)6-13-11(17)14-7-12(4,18)5-10(15)16/h8-9,18H,5-7H2,1-4H3,(H,15,16)(H2,13,14,17). The van der Waals surface area contributed by atoms with Crippen molar-refractivity contribution in [1.82, 2.24) is 10.6 Å². The zero-order chi connectivity index (χ0) is 14.3. The first-order valence-electron chi connectivity index (χ1n) is 6.10. The van der Waals surface area contributed by atoms with Crippen molar-refractivity contribution in [2.75, 3.05) is 13.1 Å². The molecule has 0 saturated heterocycles. The summed E-state index contributed by atoms with van der Waals surface area (Å²) in [4.78, 5) is 21.9. The van der Waals surface area contributed by atoms with Crippen molar-refractivity contribution >= 4 is 12.0 Å². The fraction of sp³-hybridized carbons (Fsp3) is 0.833. The lowest BCUT2D eigenvalue weighted by molar-refractivity contribution is -0.141. The van der Waals surface area contributed by atoms with Gasteiger partial charge in [-0.3, -0.25) is 4.79 Å². The number of carbonyl (C=O) groups is 2. The first-order chi connectivity index (χ1) is 8.14. The number of nitrogens with one attached hydrogen (secondary N) is 2. The summed E-state index contributed by atoms with van der Waals surface area (Å²) in [5, 5.41) is 23.4. The van der Waals surface area contributed by atoms with Crippen LogP contribution in [0.2, 0.25) is 0 Å². The molecule has 0 aromatic carbocycles. The van der Waals surface area contributed by atoms with Crippen LogP contribution in [-0.2, 0) is 4.79 Å². The first-order valence-corrected chi connectivity index (χ1v) is 6.10. The van der Waals surface area contributed by atoms with Gasteiger partial charge in [0.15, 0.2) is 0 Å². The average Bonchev–Trinajstić information content (AvgIpc) is 2.21. The lowest BCUT2D eigenvalue weighted by Gasteiger charge is -2.22. The van der Waals surface area contributed by atoms with E-state index in [-0.39, 0.29) is 6.54 Å². The van der Waals surface area contributed by atoms with Gasteiger partial charge in [-0.1, -0.05) is 20.8 Å². The Bertz CT molecular complexity index is 290. The molecule has 0 bridgehead atoms. The van der Waals surface area contributed by atoms with E-state index in [0.717, 1.165) is 0 Å². The van der Waals surface area contributed by atoms with Gasteiger partial charge in [-0.2, -0.15) is 0 Å². The maximum absolute atomic E-state index is 11.4. The van der Waals surface area contributed by atoms with E-state index in [0.29, 0.717) is 18.4 Å². The number of rotatable bonds is 7. The molecule has 6 nitrogen and oxygen atoms in total. The van der Waals surface area contributed by atoms with Crippen LogP contribution in [0.1, 0.15) is 34.1 Å². The number of hydrogen-bond acceptors (Lipinski definition) is 3. The van der Waals surface area contributed by atoms with E-state index in [1.165, 1.54) is 6.92 Å². The van der Waals surface area contributed by atoms with E-state index < -0.39 is 24.0 Å². The van der Waals surface area contributed by atoms with E-state index >= 15 is 0 Å². The summed E-state index contributed by atoms with van der Waals surface area (Å²) in [6.45, 7) is 8.00. The van der Waals surface area contributed by atoms with E-state index in [9.17, 15) is 14.7 Å². The Hall–Kier alpha value is -1.30. The number of carboxylic acid groups (broad SMARTS) is 1. The van der Waals surface area contributed by atoms with Gasteiger partial charge in [0, 0.05) is 13.1 Å². The Balaban J connectivity index is 3.93. The van der Waals surface area contributed by atoms with Gasteiger partial charge in [-0.15, -0.1) is 0 Å². The maximum Gasteiger partial charge on any atom is 0.314 e. The normalized spacial score (nSPS) is 15.9. The van der Waals surface area contributed by atoms with Crippen LogP contribution in [0, 0.1) is 11.8 Å². The number of aliphatic carboxylic acids is 1. The summed E-state index contributed by atoms with van der Waals surface area (Å²) < 4.78 is 0. The van der Waals surface area contributed by atoms with Gasteiger partial charge in [-0.25, -0.2) is 4.79 Å². The Morgan fingerprint density at radius 2 is 1.78 bits per heavy atom. The van der Waals surface area contributed by atoms with Crippen molar-refractivity contribution in [3.8, 4) is 0 Å². The molecule has 0 fully saturated rings. The number of hydrogen-bond donors (Lipinski definition) is 4. The van der Waals surface area contributed by atoms with Crippen molar-refractivity contribution in [3.63, 3.8) is 0 Å². The Morgan fingerprint density at radius 3 is 2.22 bits per heavy atom. The predicted molar refractivity (Wildman–Crippen MR) is 68.3 cm³/mol. The Kier molecular flexibility index (Phi) is 6.68. The second kappa shape index (κ2) is 7.20. The average molecular weight is 260 g/mol. The molecule has 0 spiro atoms. The molecule has 0 heterocycles. The molecule has 0 aliphatic carbocycles. The van der Waals surface area contributed by atoms with E-state index in [4.69, 9.17) is 5.11 Å². The summed E-state index contributed by atoms with van der Waals surface area (Å²) in [6.07, 6.45) is -0.407. The molecule has 18 heavy (non-hydrogen) atoms. The van der Waals surface area contributed by atoms with Crippen LogP contribution < -0.4 is 10.6 Å². The molecule has 0 aliphatic heterocycles. The molecule has 0 aliphatic rings. The molecule has 4 N–H and O–H groups in total.